The average Bonchev–Trinajstić information content (AvgIpc) is 3.21. The van der Waals surface area contributed by atoms with Gasteiger partial charge in [0, 0.05) is 42.7 Å². The first-order valence-corrected chi connectivity index (χ1v) is 9.53. The quantitative estimate of drug-likeness (QED) is 0.569. The number of anilines is 1. The summed E-state index contributed by atoms with van der Waals surface area (Å²) in [5.41, 5.74) is 4.35. The minimum Gasteiger partial charge on any atom is -0.457 e. The number of amides is 1. The Morgan fingerprint density at radius 1 is 1.18 bits per heavy atom. The number of benzene rings is 1. The number of nitrogens with zero attached hydrogens (tertiary/aromatic N) is 2. The van der Waals surface area contributed by atoms with Crippen LogP contribution < -0.4 is 4.90 Å². The lowest BCUT2D eigenvalue weighted by Gasteiger charge is -2.17. The van der Waals surface area contributed by atoms with E-state index in [2.05, 4.69) is 6.92 Å². The summed E-state index contributed by atoms with van der Waals surface area (Å²) in [5.74, 6) is -1.39. The molecule has 1 fully saturated rings. The summed E-state index contributed by atoms with van der Waals surface area (Å²) in [4.78, 5) is 38.7. The van der Waals surface area contributed by atoms with E-state index in [1.165, 1.54) is 5.56 Å². The van der Waals surface area contributed by atoms with Gasteiger partial charge >= 0.3 is 5.97 Å². The molecule has 1 aliphatic heterocycles. The number of carbonyl (C=O) groups is 3. The van der Waals surface area contributed by atoms with Crippen LogP contribution in [0.25, 0.3) is 0 Å². The van der Waals surface area contributed by atoms with Gasteiger partial charge in [-0.15, -0.1) is 0 Å². The van der Waals surface area contributed by atoms with Crippen LogP contribution in [0.1, 0.15) is 40.7 Å². The van der Waals surface area contributed by atoms with Gasteiger partial charge in [0.05, 0.1) is 5.92 Å². The SMILES string of the molecule is CCc1ccc(N2C[C@@H](C(=O)OCC(=O)c3cc(C)n(C)c3C)CC2=O)cc1. The molecule has 0 bridgehead atoms. The number of Topliss-reactive ketones (excluding diaryl/α,β-unsaturated/α-hetero) is 1. The molecule has 1 amide bonds. The van der Waals surface area contributed by atoms with Crippen LogP contribution >= 0.6 is 0 Å². The van der Waals surface area contributed by atoms with Gasteiger partial charge in [-0.25, -0.2) is 0 Å². The average molecular weight is 382 g/mol. The third-order valence-corrected chi connectivity index (χ3v) is 5.54. The first-order valence-electron chi connectivity index (χ1n) is 9.53. The van der Waals surface area contributed by atoms with Crippen LogP contribution in [0.2, 0.25) is 0 Å². The van der Waals surface area contributed by atoms with Crippen LogP contribution in [0.3, 0.4) is 0 Å². The van der Waals surface area contributed by atoms with Crippen molar-refractivity contribution in [3.05, 3.63) is 52.8 Å². The predicted octanol–water partition coefficient (Wildman–Crippen LogP) is 2.98. The zero-order valence-corrected chi connectivity index (χ0v) is 16.8. The van der Waals surface area contributed by atoms with E-state index in [0.29, 0.717) is 5.56 Å². The van der Waals surface area contributed by atoms with Crippen molar-refractivity contribution < 1.29 is 19.1 Å². The van der Waals surface area contributed by atoms with E-state index in [1.54, 1.807) is 11.0 Å². The number of esters is 1. The van der Waals surface area contributed by atoms with Crippen molar-refractivity contribution in [3.8, 4) is 0 Å². The molecule has 1 saturated heterocycles. The molecule has 0 spiro atoms. The van der Waals surface area contributed by atoms with Crippen molar-refractivity contribution in [1.29, 1.82) is 0 Å². The molecule has 1 aromatic carbocycles. The number of ketones is 1. The highest BCUT2D eigenvalue weighted by molar-refractivity contribution is 6.01. The van der Waals surface area contributed by atoms with Crippen molar-refractivity contribution in [1.82, 2.24) is 4.57 Å². The number of hydrogen-bond donors (Lipinski definition) is 0. The molecule has 0 N–H and O–H groups in total. The van der Waals surface area contributed by atoms with Crippen molar-refractivity contribution in [2.75, 3.05) is 18.1 Å². The molecule has 28 heavy (non-hydrogen) atoms. The molecular formula is C22H26N2O4. The van der Waals surface area contributed by atoms with Gasteiger partial charge in [0.15, 0.2) is 6.61 Å². The molecule has 6 heteroatoms. The summed E-state index contributed by atoms with van der Waals surface area (Å²) < 4.78 is 7.16. The standard InChI is InChI=1S/C22H26N2O4/c1-5-16-6-8-18(9-7-16)24-12-17(11-21(24)26)22(27)28-13-20(25)19-10-14(2)23(4)15(19)3/h6-10,17H,5,11-13H2,1-4H3/t17-/m0/s1. The Morgan fingerprint density at radius 2 is 1.86 bits per heavy atom. The van der Waals surface area contributed by atoms with E-state index in [4.69, 9.17) is 4.74 Å². The highest BCUT2D eigenvalue weighted by Crippen LogP contribution is 2.26. The van der Waals surface area contributed by atoms with Crippen molar-refractivity contribution in [3.63, 3.8) is 0 Å². The van der Waals surface area contributed by atoms with Gasteiger partial charge in [0.1, 0.15) is 0 Å². The van der Waals surface area contributed by atoms with Gasteiger partial charge in [-0.3, -0.25) is 14.4 Å². The molecule has 0 unspecified atom stereocenters. The van der Waals surface area contributed by atoms with E-state index in [0.717, 1.165) is 23.5 Å². The van der Waals surface area contributed by atoms with E-state index >= 15 is 0 Å². The maximum Gasteiger partial charge on any atom is 0.311 e. The number of aryl methyl sites for hydroxylation is 2. The predicted molar refractivity (Wildman–Crippen MR) is 106 cm³/mol. The minimum atomic E-state index is -0.551. The normalized spacial score (nSPS) is 16.5. The van der Waals surface area contributed by atoms with Gasteiger partial charge in [-0.2, -0.15) is 0 Å². The fourth-order valence-corrected chi connectivity index (χ4v) is 3.50. The van der Waals surface area contributed by atoms with Crippen LogP contribution in [0.15, 0.2) is 30.3 Å². The first kappa shape index (κ1) is 19.9. The van der Waals surface area contributed by atoms with E-state index in [9.17, 15) is 14.4 Å². The molecule has 0 radical (unpaired) electrons. The highest BCUT2D eigenvalue weighted by atomic mass is 16.5. The molecule has 1 aromatic heterocycles. The topological polar surface area (TPSA) is 68.6 Å². The lowest BCUT2D eigenvalue weighted by molar-refractivity contribution is -0.147. The maximum atomic E-state index is 12.4. The summed E-state index contributed by atoms with van der Waals surface area (Å²) in [7, 11) is 1.89. The third kappa shape index (κ3) is 3.86. The fraction of sp³-hybridized carbons (Fsp3) is 0.409. The Balaban J connectivity index is 1.59. The molecule has 148 valence electrons. The zero-order chi connectivity index (χ0) is 20.4. The van der Waals surface area contributed by atoms with Crippen LogP contribution in [-0.2, 0) is 27.8 Å². The molecule has 1 aliphatic rings. The molecule has 0 aliphatic carbocycles. The lowest BCUT2D eigenvalue weighted by atomic mass is 10.1. The summed E-state index contributed by atoms with van der Waals surface area (Å²) in [6.07, 6.45) is 1.03. The summed E-state index contributed by atoms with van der Waals surface area (Å²) in [6.45, 7) is 5.82. The fourth-order valence-electron chi connectivity index (χ4n) is 3.50. The zero-order valence-electron chi connectivity index (χ0n) is 16.8. The smallest absolute Gasteiger partial charge is 0.311 e. The second-order valence-corrected chi connectivity index (χ2v) is 7.30. The molecule has 6 nitrogen and oxygen atoms in total. The summed E-state index contributed by atoms with van der Waals surface area (Å²) in [5, 5.41) is 0. The Bertz CT molecular complexity index is 911. The molecular weight excluding hydrogens is 356 g/mol. The number of rotatable bonds is 6. The summed E-state index contributed by atoms with van der Waals surface area (Å²) >= 11 is 0. The maximum absolute atomic E-state index is 12.4. The van der Waals surface area contributed by atoms with Gasteiger partial charge in [0.2, 0.25) is 11.7 Å². The van der Waals surface area contributed by atoms with Crippen LogP contribution in [-0.4, -0.2) is 35.4 Å². The van der Waals surface area contributed by atoms with Crippen molar-refractivity contribution >= 4 is 23.3 Å². The molecule has 0 saturated carbocycles. The Hall–Kier alpha value is -2.89. The monoisotopic (exact) mass is 382 g/mol. The van der Waals surface area contributed by atoms with Crippen LogP contribution in [0.5, 0.6) is 0 Å². The highest BCUT2D eigenvalue weighted by Gasteiger charge is 2.36. The molecule has 1 atom stereocenters. The lowest BCUT2D eigenvalue weighted by Crippen LogP contribution is -2.27. The second-order valence-electron chi connectivity index (χ2n) is 7.30. The van der Waals surface area contributed by atoms with Gasteiger partial charge in [-0.1, -0.05) is 19.1 Å². The Labute approximate surface area is 165 Å². The van der Waals surface area contributed by atoms with Crippen LogP contribution in [0, 0.1) is 19.8 Å². The number of carbonyl (C=O) groups excluding carboxylic acids is 3. The molecule has 2 heterocycles. The first-order chi connectivity index (χ1) is 13.3. The van der Waals surface area contributed by atoms with E-state index in [1.807, 2.05) is 49.7 Å². The minimum absolute atomic E-state index is 0.103. The van der Waals surface area contributed by atoms with E-state index in [-0.39, 0.29) is 31.3 Å². The van der Waals surface area contributed by atoms with Crippen molar-refractivity contribution in [2.45, 2.75) is 33.6 Å². The van der Waals surface area contributed by atoms with Crippen LogP contribution in [0.4, 0.5) is 5.69 Å². The number of aromatic nitrogens is 1. The molecule has 2 aromatic rings. The van der Waals surface area contributed by atoms with E-state index < -0.39 is 11.9 Å². The molecule has 3 rings (SSSR count). The second kappa shape index (κ2) is 8.00. The number of ether oxygens (including phenoxy) is 1. The summed E-state index contributed by atoms with van der Waals surface area (Å²) in [6, 6.07) is 9.56. The number of hydrogen-bond acceptors (Lipinski definition) is 4. The Morgan fingerprint density at radius 3 is 2.43 bits per heavy atom. The van der Waals surface area contributed by atoms with Gasteiger partial charge in [0.25, 0.3) is 0 Å². The largest absolute Gasteiger partial charge is 0.457 e. The third-order valence-electron chi connectivity index (χ3n) is 5.54. The van der Waals surface area contributed by atoms with Gasteiger partial charge in [-0.05, 0) is 44.0 Å². The van der Waals surface area contributed by atoms with Crippen molar-refractivity contribution in [2.24, 2.45) is 13.0 Å². The van der Waals surface area contributed by atoms with Gasteiger partial charge < -0.3 is 14.2 Å². The Kier molecular flexibility index (Phi) is 5.68.